The third kappa shape index (κ3) is 4.42. The maximum atomic E-state index is 12.4. The number of carbonyl (C=O) groups excluding carboxylic acids is 3. The highest BCUT2D eigenvalue weighted by Gasteiger charge is 2.49. The maximum Gasteiger partial charge on any atom is 0.334 e. The van der Waals surface area contributed by atoms with E-state index in [-0.39, 0.29) is 12.0 Å². The molecule has 0 amide bonds. The molecule has 0 unspecified atom stereocenters. The van der Waals surface area contributed by atoms with E-state index in [0.717, 1.165) is 0 Å². The van der Waals surface area contributed by atoms with Crippen LogP contribution < -0.4 is 0 Å². The second-order valence-corrected chi connectivity index (χ2v) is 6.90. The van der Waals surface area contributed by atoms with Crippen LogP contribution >= 0.6 is 0 Å². The molecule has 2 rings (SSSR count). The molecule has 0 saturated carbocycles. The summed E-state index contributed by atoms with van der Waals surface area (Å²) in [5, 5.41) is 10.7. The number of ether oxygens (including phenoxy) is 3. The van der Waals surface area contributed by atoms with Crippen molar-refractivity contribution in [2.75, 3.05) is 7.11 Å². The standard InChI is InChI=1S/C21H26O7/c1-6-11(2)19(23)27-15-10-14(21(25)26-5)9-7-8-12(3)17(22)18-16(15)13(4)20(24)28-18/h6,9,15-18,22H,3-4,7-8,10H2,1-2,5H3/b11-6-,14-9+/t15-,16-,17+,18+/m1/s1. The van der Waals surface area contributed by atoms with Gasteiger partial charge in [0.05, 0.1) is 13.0 Å². The molecule has 0 spiro atoms. The lowest BCUT2D eigenvalue weighted by Crippen LogP contribution is -2.41. The molecule has 0 aromatic rings. The highest BCUT2D eigenvalue weighted by Crippen LogP contribution is 2.38. The first-order valence-corrected chi connectivity index (χ1v) is 9.08. The molecule has 1 fully saturated rings. The summed E-state index contributed by atoms with van der Waals surface area (Å²) in [4.78, 5) is 36.8. The van der Waals surface area contributed by atoms with Crippen molar-refractivity contribution in [2.45, 2.75) is 51.4 Å². The number of esters is 3. The van der Waals surface area contributed by atoms with Crippen molar-refractivity contribution >= 4 is 17.9 Å². The average molecular weight is 390 g/mol. The Morgan fingerprint density at radius 2 is 2.04 bits per heavy atom. The molecule has 1 N–H and O–H groups in total. The van der Waals surface area contributed by atoms with Crippen LogP contribution in [0.5, 0.6) is 0 Å². The first-order chi connectivity index (χ1) is 13.2. The Hall–Kier alpha value is -2.67. The van der Waals surface area contributed by atoms with E-state index in [9.17, 15) is 19.5 Å². The number of rotatable bonds is 3. The Morgan fingerprint density at radius 1 is 1.36 bits per heavy atom. The minimum absolute atomic E-state index is 0.00539. The fraction of sp³-hybridized carbons (Fsp3) is 0.476. The second kappa shape index (κ2) is 9.01. The summed E-state index contributed by atoms with van der Waals surface area (Å²) in [5.74, 6) is -2.64. The minimum atomic E-state index is -1.13. The lowest BCUT2D eigenvalue weighted by atomic mass is 9.82. The van der Waals surface area contributed by atoms with E-state index >= 15 is 0 Å². The summed E-state index contributed by atoms with van der Waals surface area (Å²) >= 11 is 0. The van der Waals surface area contributed by atoms with Crippen molar-refractivity contribution in [3.63, 3.8) is 0 Å². The molecule has 0 radical (unpaired) electrons. The van der Waals surface area contributed by atoms with Crippen LogP contribution in [-0.2, 0) is 28.6 Å². The summed E-state index contributed by atoms with van der Waals surface area (Å²) < 4.78 is 15.8. The molecule has 2 aliphatic rings. The molecule has 0 aromatic carbocycles. The van der Waals surface area contributed by atoms with Crippen molar-refractivity contribution in [1.29, 1.82) is 0 Å². The molecule has 7 heteroatoms. The number of aliphatic hydroxyl groups excluding tert-OH is 1. The molecule has 7 nitrogen and oxygen atoms in total. The van der Waals surface area contributed by atoms with Crippen molar-refractivity contribution in [3.8, 4) is 0 Å². The number of allylic oxidation sites excluding steroid dienone is 2. The molecule has 4 atom stereocenters. The highest BCUT2D eigenvalue weighted by atomic mass is 16.6. The first-order valence-electron chi connectivity index (χ1n) is 9.08. The van der Waals surface area contributed by atoms with E-state index in [2.05, 4.69) is 13.2 Å². The van der Waals surface area contributed by atoms with Crippen LogP contribution in [0.4, 0.5) is 0 Å². The Labute approximate surface area is 164 Å². The lowest BCUT2D eigenvalue weighted by Gasteiger charge is -2.31. The van der Waals surface area contributed by atoms with Gasteiger partial charge in [-0.3, -0.25) is 0 Å². The third-order valence-corrected chi connectivity index (χ3v) is 5.13. The van der Waals surface area contributed by atoms with Crippen LogP contribution in [0.1, 0.15) is 33.1 Å². The van der Waals surface area contributed by atoms with Gasteiger partial charge in [-0.15, -0.1) is 0 Å². The van der Waals surface area contributed by atoms with Crippen LogP contribution in [-0.4, -0.2) is 48.4 Å². The zero-order chi connectivity index (χ0) is 21.0. The van der Waals surface area contributed by atoms with E-state index in [4.69, 9.17) is 14.2 Å². The van der Waals surface area contributed by atoms with E-state index in [0.29, 0.717) is 29.6 Å². The Morgan fingerprint density at radius 3 is 2.64 bits per heavy atom. The number of methoxy groups -OCH3 is 1. The lowest BCUT2D eigenvalue weighted by molar-refractivity contribution is -0.151. The monoisotopic (exact) mass is 390 g/mol. The van der Waals surface area contributed by atoms with E-state index in [1.807, 2.05) is 0 Å². The minimum Gasteiger partial charge on any atom is -0.466 e. The smallest absolute Gasteiger partial charge is 0.334 e. The molecule has 28 heavy (non-hydrogen) atoms. The molecular weight excluding hydrogens is 364 g/mol. The number of hydrogen-bond donors (Lipinski definition) is 1. The number of fused-ring (bicyclic) bond motifs is 1. The zero-order valence-corrected chi connectivity index (χ0v) is 16.4. The Balaban J connectivity index is 2.51. The zero-order valence-electron chi connectivity index (χ0n) is 16.4. The maximum absolute atomic E-state index is 12.4. The third-order valence-electron chi connectivity index (χ3n) is 5.13. The van der Waals surface area contributed by atoms with Gasteiger partial charge in [0.2, 0.25) is 0 Å². The van der Waals surface area contributed by atoms with Crippen molar-refractivity contribution in [2.24, 2.45) is 5.92 Å². The van der Waals surface area contributed by atoms with Crippen LogP contribution in [0.2, 0.25) is 0 Å². The number of hydrogen-bond acceptors (Lipinski definition) is 7. The molecule has 1 heterocycles. The van der Waals surface area contributed by atoms with Crippen molar-refractivity contribution in [1.82, 2.24) is 0 Å². The van der Waals surface area contributed by atoms with Gasteiger partial charge >= 0.3 is 17.9 Å². The van der Waals surface area contributed by atoms with E-state index in [1.165, 1.54) is 7.11 Å². The van der Waals surface area contributed by atoms with Gasteiger partial charge in [-0.05, 0) is 32.3 Å². The molecule has 1 aliphatic heterocycles. The summed E-state index contributed by atoms with van der Waals surface area (Å²) in [6, 6.07) is 0. The van der Waals surface area contributed by atoms with Crippen LogP contribution in [0.25, 0.3) is 0 Å². The fourth-order valence-corrected chi connectivity index (χ4v) is 3.30. The van der Waals surface area contributed by atoms with Gasteiger partial charge in [0.25, 0.3) is 0 Å². The van der Waals surface area contributed by atoms with E-state index < -0.39 is 42.1 Å². The molecule has 0 bridgehead atoms. The van der Waals surface area contributed by atoms with Gasteiger partial charge in [-0.1, -0.05) is 25.3 Å². The topological polar surface area (TPSA) is 99.1 Å². The summed E-state index contributed by atoms with van der Waals surface area (Å²) in [5.41, 5.74) is 1.22. The molecular formula is C21H26O7. The normalized spacial score (nSPS) is 30.6. The van der Waals surface area contributed by atoms with Gasteiger partial charge in [0.15, 0.2) is 0 Å². The summed E-state index contributed by atoms with van der Waals surface area (Å²) in [6.07, 6.45) is 1.03. The van der Waals surface area contributed by atoms with Gasteiger partial charge < -0.3 is 19.3 Å². The number of aliphatic hydroxyl groups is 1. The van der Waals surface area contributed by atoms with Crippen molar-refractivity contribution < 1.29 is 33.7 Å². The van der Waals surface area contributed by atoms with Gasteiger partial charge in [0, 0.05) is 23.1 Å². The van der Waals surface area contributed by atoms with Gasteiger partial charge in [0.1, 0.15) is 18.3 Å². The molecule has 0 aromatic heterocycles. The predicted molar refractivity (Wildman–Crippen MR) is 101 cm³/mol. The SMILES string of the molecule is C=C1C(=O)O[C@H]2[C@H]1[C@H](OC(=O)/C(C)=C\C)C/C(C(=O)OC)=C\CCC(=C)[C@@H]2O. The van der Waals surface area contributed by atoms with Gasteiger partial charge in [-0.25, -0.2) is 14.4 Å². The van der Waals surface area contributed by atoms with Crippen LogP contribution in [0.3, 0.4) is 0 Å². The fourth-order valence-electron chi connectivity index (χ4n) is 3.30. The average Bonchev–Trinajstić information content (AvgIpc) is 2.98. The van der Waals surface area contributed by atoms with Gasteiger partial charge in [-0.2, -0.15) is 0 Å². The summed E-state index contributed by atoms with van der Waals surface area (Å²) in [7, 11) is 1.26. The molecule has 1 saturated heterocycles. The summed E-state index contributed by atoms with van der Waals surface area (Å²) in [6.45, 7) is 10.9. The Bertz CT molecular complexity index is 759. The molecule has 1 aliphatic carbocycles. The van der Waals surface area contributed by atoms with Crippen LogP contribution in [0.15, 0.2) is 47.6 Å². The second-order valence-electron chi connectivity index (χ2n) is 6.90. The van der Waals surface area contributed by atoms with E-state index in [1.54, 1.807) is 26.0 Å². The predicted octanol–water partition coefficient (Wildman–Crippen LogP) is 2.16. The first kappa shape index (κ1) is 21.6. The number of carbonyl (C=O) groups is 3. The van der Waals surface area contributed by atoms with Crippen LogP contribution in [0, 0.1) is 5.92 Å². The Kier molecular flexibility index (Phi) is 6.96. The largest absolute Gasteiger partial charge is 0.466 e. The quantitative estimate of drug-likeness (QED) is 0.341. The molecule has 152 valence electrons. The van der Waals surface area contributed by atoms with Crippen molar-refractivity contribution in [3.05, 3.63) is 47.6 Å². The highest BCUT2D eigenvalue weighted by molar-refractivity contribution is 5.92.